The summed E-state index contributed by atoms with van der Waals surface area (Å²) < 4.78 is 0. The monoisotopic (exact) mass is 479 g/mol. The number of aromatic nitrogens is 1. The number of para-hydroxylation sites is 2. The molecule has 0 aliphatic rings. The predicted molar refractivity (Wildman–Crippen MR) is 99.6 cm³/mol. The number of halogens is 3. The fourth-order valence-electron chi connectivity index (χ4n) is 1.98. The fraction of sp³-hybridized carbons (Fsp3) is 0. The summed E-state index contributed by atoms with van der Waals surface area (Å²) in [7, 11) is 0. The van der Waals surface area contributed by atoms with Gasteiger partial charge < -0.3 is 37.2 Å². The minimum atomic E-state index is 0. The summed E-state index contributed by atoms with van der Waals surface area (Å²) in [5.41, 5.74) is 9.28. The third kappa shape index (κ3) is 9.73. The quantitative estimate of drug-likeness (QED) is 0.274. The molecule has 1 aromatic heterocycles. The van der Waals surface area contributed by atoms with Crippen molar-refractivity contribution in [2.45, 2.75) is 0 Å². The zero-order chi connectivity index (χ0) is 16.5. The molecule has 9 heteroatoms. The smallest absolute Gasteiger partial charge is 1.00 e. The van der Waals surface area contributed by atoms with Crippen LogP contribution in [0.2, 0.25) is 0 Å². The van der Waals surface area contributed by atoms with Crippen LogP contribution in [0.1, 0.15) is 11.4 Å². The SMILES string of the molecule is C(=NNc1ccccc1)c1cccc(C=NNc2ccccc2)n1.[Cl-].[Cl-].[Cl-].[Co+3]. The van der Waals surface area contributed by atoms with Crippen molar-refractivity contribution in [3.63, 3.8) is 0 Å². The molecule has 0 amide bonds. The van der Waals surface area contributed by atoms with Gasteiger partial charge in [-0.25, -0.2) is 4.98 Å². The number of hydrogen-bond donors (Lipinski definition) is 2. The molecule has 3 rings (SSSR count). The zero-order valence-electron chi connectivity index (χ0n) is 14.5. The molecule has 1 heterocycles. The van der Waals surface area contributed by atoms with Gasteiger partial charge in [0.15, 0.2) is 0 Å². The Balaban J connectivity index is 0. The Bertz CT molecular complexity index is 766. The van der Waals surface area contributed by atoms with Crippen LogP contribution in [0.5, 0.6) is 0 Å². The van der Waals surface area contributed by atoms with Gasteiger partial charge in [0.25, 0.3) is 0 Å². The molecule has 0 fully saturated rings. The van der Waals surface area contributed by atoms with Gasteiger partial charge >= 0.3 is 16.8 Å². The molecule has 0 saturated heterocycles. The molecule has 2 aromatic carbocycles. The maximum absolute atomic E-state index is 4.46. The van der Waals surface area contributed by atoms with Gasteiger partial charge in [-0.2, -0.15) is 10.2 Å². The predicted octanol–water partition coefficient (Wildman–Crippen LogP) is -5.02. The molecule has 0 unspecified atom stereocenters. The molecular weight excluding hydrogens is 464 g/mol. The van der Waals surface area contributed by atoms with E-state index >= 15 is 0 Å². The van der Waals surface area contributed by atoms with Crippen LogP contribution in [0.15, 0.2) is 89.1 Å². The summed E-state index contributed by atoms with van der Waals surface area (Å²) >= 11 is 0. The van der Waals surface area contributed by atoms with Crippen molar-refractivity contribution in [3.8, 4) is 0 Å². The first-order chi connectivity index (χ1) is 11.9. The van der Waals surface area contributed by atoms with Crippen molar-refractivity contribution in [2.24, 2.45) is 10.2 Å². The van der Waals surface area contributed by atoms with Crippen molar-refractivity contribution in [2.75, 3.05) is 10.9 Å². The molecule has 0 spiro atoms. The molecule has 2 N–H and O–H groups in total. The molecule has 3 aromatic rings. The van der Waals surface area contributed by atoms with Crippen LogP contribution in [-0.2, 0) is 16.8 Å². The molecule has 0 saturated carbocycles. The number of anilines is 2. The molecule has 28 heavy (non-hydrogen) atoms. The minimum Gasteiger partial charge on any atom is -1.00 e. The number of benzene rings is 2. The number of nitrogens with zero attached hydrogens (tertiary/aromatic N) is 3. The number of nitrogens with one attached hydrogen (secondary N) is 2. The summed E-state index contributed by atoms with van der Waals surface area (Å²) in [5, 5.41) is 8.37. The van der Waals surface area contributed by atoms with Gasteiger partial charge in [-0.15, -0.1) is 0 Å². The van der Waals surface area contributed by atoms with Crippen molar-refractivity contribution in [3.05, 3.63) is 90.3 Å². The van der Waals surface area contributed by atoms with Crippen molar-refractivity contribution in [1.29, 1.82) is 0 Å². The van der Waals surface area contributed by atoms with Crippen LogP contribution in [-0.4, -0.2) is 17.4 Å². The number of pyridine rings is 1. The largest absolute Gasteiger partial charge is 3.00 e. The maximum atomic E-state index is 4.46. The Labute approximate surface area is 193 Å². The number of rotatable bonds is 6. The van der Waals surface area contributed by atoms with Crippen molar-refractivity contribution >= 4 is 23.8 Å². The average Bonchev–Trinajstić information content (AvgIpc) is 2.64. The maximum Gasteiger partial charge on any atom is 3.00 e. The van der Waals surface area contributed by atoms with Gasteiger partial charge in [0.1, 0.15) is 0 Å². The summed E-state index contributed by atoms with van der Waals surface area (Å²) in [5.74, 6) is 0. The second-order valence-electron chi connectivity index (χ2n) is 4.96. The molecular formula is C19H17Cl3CoN5. The summed E-state index contributed by atoms with van der Waals surface area (Å²) in [4.78, 5) is 4.46. The van der Waals surface area contributed by atoms with Gasteiger partial charge in [-0.3, -0.25) is 10.9 Å². The van der Waals surface area contributed by atoms with E-state index in [1.54, 1.807) is 12.4 Å². The van der Waals surface area contributed by atoms with E-state index in [-0.39, 0.29) is 54.0 Å². The van der Waals surface area contributed by atoms with Crippen LogP contribution in [0.4, 0.5) is 11.4 Å². The Morgan fingerprint density at radius 3 is 1.36 bits per heavy atom. The molecule has 148 valence electrons. The second-order valence-corrected chi connectivity index (χ2v) is 4.96. The van der Waals surface area contributed by atoms with Crippen LogP contribution in [0.25, 0.3) is 0 Å². The standard InChI is InChI=1S/C19H17N5.3ClH.Co/c1-3-8-16(9-4-1)23-20-14-18-12-7-13-19(22-18)15-21-24-17-10-5-2-6-11-17;;;;/h1-15,23-24H;3*1H;/q;;;;+3/p-3. The minimum absolute atomic E-state index is 0. The van der Waals surface area contributed by atoms with E-state index in [0.717, 1.165) is 22.8 Å². The topological polar surface area (TPSA) is 61.7 Å². The Morgan fingerprint density at radius 2 is 0.964 bits per heavy atom. The molecule has 5 nitrogen and oxygen atoms in total. The van der Waals surface area contributed by atoms with E-state index in [9.17, 15) is 0 Å². The average molecular weight is 481 g/mol. The molecule has 0 radical (unpaired) electrons. The van der Waals surface area contributed by atoms with Crippen LogP contribution >= 0.6 is 0 Å². The van der Waals surface area contributed by atoms with Crippen LogP contribution in [0, 0.1) is 0 Å². The Morgan fingerprint density at radius 1 is 0.571 bits per heavy atom. The van der Waals surface area contributed by atoms with E-state index in [1.807, 2.05) is 78.9 Å². The third-order valence-corrected chi connectivity index (χ3v) is 3.12. The molecule has 0 atom stereocenters. The van der Waals surface area contributed by atoms with Gasteiger partial charge in [-0.1, -0.05) is 42.5 Å². The first-order valence-electron chi connectivity index (χ1n) is 7.55. The number of hydrogen-bond acceptors (Lipinski definition) is 5. The van der Waals surface area contributed by atoms with E-state index < -0.39 is 0 Å². The van der Waals surface area contributed by atoms with E-state index in [2.05, 4.69) is 26.0 Å². The van der Waals surface area contributed by atoms with Gasteiger partial charge in [-0.05, 0) is 36.4 Å². The first-order valence-corrected chi connectivity index (χ1v) is 7.55. The molecule has 0 aliphatic heterocycles. The van der Waals surface area contributed by atoms with Crippen molar-refractivity contribution < 1.29 is 54.0 Å². The fourth-order valence-corrected chi connectivity index (χ4v) is 1.98. The Kier molecular flexibility index (Phi) is 16.0. The Hall–Kier alpha value is -2.09. The van der Waals surface area contributed by atoms with Crippen LogP contribution in [0.3, 0.4) is 0 Å². The number of hydrazone groups is 2. The van der Waals surface area contributed by atoms with E-state index in [0.29, 0.717) is 0 Å². The second kappa shape index (κ2) is 15.9. The van der Waals surface area contributed by atoms with Gasteiger partial charge in [0, 0.05) is 0 Å². The van der Waals surface area contributed by atoms with E-state index in [4.69, 9.17) is 0 Å². The summed E-state index contributed by atoms with van der Waals surface area (Å²) in [6, 6.07) is 25.2. The first kappa shape index (κ1) is 28.1. The summed E-state index contributed by atoms with van der Waals surface area (Å²) in [6.07, 6.45) is 3.35. The molecule has 0 bridgehead atoms. The van der Waals surface area contributed by atoms with E-state index in [1.165, 1.54) is 0 Å². The van der Waals surface area contributed by atoms with Gasteiger partial charge in [0.2, 0.25) is 0 Å². The van der Waals surface area contributed by atoms with Crippen molar-refractivity contribution in [1.82, 2.24) is 4.98 Å². The van der Waals surface area contributed by atoms with Crippen LogP contribution < -0.4 is 48.1 Å². The van der Waals surface area contributed by atoms with Gasteiger partial charge in [0.05, 0.1) is 35.2 Å². The summed E-state index contributed by atoms with van der Waals surface area (Å²) in [6.45, 7) is 0. The third-order valence-electron chi connectivity index (χ3n) is 3.12. The normalized spacial score (nSPS) is 9.43. The zero-order valence-corrected chi connectivity index (χ0v) is 17.8. The molecule has 0 aliphatic carbocycles.